The molecule has 0 saturated heterocycles. The first-order chi connectivity index (χ1) is 17.6. The van der Waals surface area contributed by atoms with Crippen LogP contribution in [0, 0.1) is 34.5 Å². The van der Waals surface area contributed by atoms with E-state index in [2.05, 4.69) is 35.8 Å². The Morgan fingerprint density at radius 2 is 1.81 bits per heavy atom. The number of Topliss-reactive ketones (excluding diaryl/α,β-unsaturated/α-hetero) is 1. The van der Waals surface area contributed by atoms with Crippen molar-refractivity contribution in [2.45, 2.75) is 78.7 Å². The normalized spacial score (nSPS) is 37.0. The molecule has 1 aromatic rings. The number of allylic oxidation sites excluding steroid dienone is 2. The number of carbonyl (C=O) groups is 3. The number of fused-ring (bicyclic) bond motifs is 5. The number of nitrogens with zero attached hydrogens (tertiary/aromatic N) is 1. The minimum absolute atomic E-state index is 0.0156. The van der Waals surface area contributed by atoms with Crippen LogP contribution >= 0.6 is 0 Å². The molecule has 37 heavy (non-hydrogen) atoms. The van der Waals surface area contributed by atoms with Crippen molar-refractivity contribution in [3.05, 3.63) is 42.0 Å². The fourth-order valence-corrected chi connectivity index (χ4v) is 8.27. The largest absolute Gasteiger partial charge is 0.463 e. The van der Waals surface area contributed by atoms with E-state index in [-0.39, 0.29) is 23.4 Å². The van der Waals surface area contributed by atoms with Crippen molar-refractivity contribution in [2.24, 2.45) is 39.6 Å². The van der Waals surface area contributed by atoms with E-state index in [0.717, 1.165) is 44.1 Å². The lowest BCUT2D eigenvalue weighted by molar-refractivity contribution is -0.162. The number of hydrogen-bond acceptors (Lipinski definition) is 5. The van der Waals surface area contributed by atoms with Gasteiger partial charge in [-0.25, -0.2) is 10.2 Å². The van der Waals surface area contributed by atoms with Crippen LogP contribution < -0.4 is 10.7 Å². The van der Waals surface area contributed by atoms with Crippen LogP contribution in [0.1, 0.15) is 72.6 Å². The molecule has 1 aromatic carbocycles. The van der Waals surface area contributed by atoms with E-state index in [1.54, 1.807) is 0 Å². The highest BCUT2D eigenvalue weighted by Crippen LogP contribution is 2.65. The second-order valence-electron chi connectivity index (χ2n) is 12.0. The third-order valence-corrected chi connectivity index (χ3v) is 10.2. The zero-order valence-electron chi connectivity index (χ0n) is 22.4. The van der Waals surface area contributed by atoms with Gasteiger partial charge in [-0.3, -0.25) is 9.59 Å². The van der Waals surface area contributed by atoms with E-state index in [9.17, 15) is 14.4 Å². The van der Waals surface area contributed by atoms with Gasteiger partial charge in [0.2, 0.25) is 0 Å². The Balaban J connectivity index is 1.29. The van der Waals surface area contributed by atoms with E-state index < -0.39 is 11.4 Å². The Hall–Kier alpha value is -2.96. The number of anilines is 1. The average Bonchev–Trinajstić information content (AvgIpc) is 3.22. The number of ether oxygens (including phenoxy) is 1. The Bertz CT molecular complexity index is 1140. The van der Waals surface area contributed by atoms with Gasteiger partial charge >= 0.3 is 12.0 Å². The molecule has 0 radical (unpaired) electrons. The van der Waals surface area contributed by atoms with Gasteiger partial charge in [-0.2, -0.15) is 5.10 Å². The molecule has 3 fully saturated rings. The van der Waals surface area contributed by atoms with Crippen LogP contribution in [0.3, 0.4) is 0 Å². The third-order valence-electron chi connectivity index (χ3n) is 10.2. The molecule has 7 heteroatoms. The molecule has 0 bridgehead atoms. The zero-order chi connectivity index (χ0) is 26.4. The molecule has 2 amide bonds. The van der Waals surface area contributed by atoms with Gasteiger partial charge in [-0.15, -0.1) is 0 Å². The molecule has 7 atom stereocenters. The lowest BCUT2D eigenvalue weighted by Gasteiger charge is -2.60. The molecule has 4 aliphatic carbocycles. The molecule has 5 rings (SSSR count). The van der Waals surface area contributed by atoms with Gasteiger partial charge in [0.15, 0.2) is 0 Å². The summed E-state index contributed by atoms with van der Waals surface area (Å²) in [4.78, 5) is 37.8. The van der Waals surface area contributed by atoms with Crippen molar-refractivity contribution in [1.29, 1.82) is 0 Å². The number of benzene rings is 1. The Labute approximate surface area is 219 Å². The number of urea groups is 1. The monoisotopic (exact) mass is 505 g/mol. The summed E-state index contributed by atoms with van der Waals surface area (Å²) in [5.41, 5.74) is 4.50. The van der Waals surface area contributed by atoms with Crippen LogP contribution in [0.4, 0.5) is 10.5 Å². The maximum atomic E-state index is 13.9. The summed E-state index contributed by atoms with van der Waals surface area (Å²) in [5.74, 6) is 1.73. The first kappa shape index (κ1) is 25.7. The van der Waals surface area contributed by atoms with Crippen molar-refractivity contribution in [3.63, 3.8) is 0 Å². The lowest BCUT2D eigenvalue weighted by atomic mass is 9.44. The zero-order valence-corrected chi connectivity index (χ0v) is 22.4. The molecule has 7 nitrogen and oxygen atoms in total. The molecular weight excluding hydrogens is 466 g/mol. The SMILES string of the molecule is CC(=O)O[C@H]1CC[C@@]2(C)[C@@H](CC[C@H]3[C@@H]4CC=C(/C(C)=N/NC(=O)Nc5ccccc5)[C@@]4(C)C(=O)C[C@@H]32)C1. The van der Waals surface area contributed by atoms with Crippen molar-refractivity contribution in [3.8, 4) is 0 Å². The van der Waals surface area contributed by atoms with Gasteiger partial charge in [-0.05, 0) is 99.2 Å². The summed E-state index contributed by atoms with van der Waals surface area (Å²) >= 11 is 0. The van der Waals surface area contributed by atoms with Gasteiger partial charge in [0, 0.05) is 19.0 Å². The molecule has 0 aliphatic heterocycles. The molecule has 0 spiro atoms. The van der Waals surface area contributed by atoms with Crippen LogP contribution in [-0.2, 0) is 14.3 Å². The van der Waals surface area contributed by atoms with Crippen molar-refractivity contribution < 1.29 is 19.1 Å². The van der Waals surface area contributed by atoms with E-state index in [4.69, 9.17) is 4.74 Å². The summed E-state index contributed by atoms with van der Waals surface area (Å²) in [7, 11) is 0. The molecule has 0 heterocycles. The van der Waals surface area contributed by atoms with Gasteiger partial charge in [-0.1, -0.05) is 31.2 Å². The Morgan fingerprint density at radius 3 is 2.54 bits per heavy atom. The number of esters is 1. The topological polar surface area (TPSA) is 96.9 Å². The Kier molecular flexibility index (Phi) is 6.75. The predicted molar refractivity (Wildman–Crippen MR) is 143 cm³/mol. The van der Waals surface area contributed by atoms with Crippen molar-refractivity contribution >= 4 is 29.2 Å². The van der Waals surface area contributed by atoms with E-state index >= 15 is 0 Å². The number of hydrogen-bond donors (Lipinski definition) is 2. The number of carbonyl (C=O) groups excluding carboxylic acids is 3. The summed E-state index contributed by atoms with van der Waals surface area (Å²) < 4.78 is 5.58. The van der Waals surface area contributed by atoms with Crippen LogP contribution in [0.25, 0.3) is 0 Å². The highest BCUT2D eigenvalue weighted by molar-refractivity contribution is 6.07. The van der Waals surface area contributed by atoms with Crippen molar-refractivity contribution in [1.82, 2.24) is 5.43 Å². The number of nitrogens with one attached hydrogen (secondary N) is 2. The molecule has 198 valence electrons. The van der Waals surface area contributed by atoms with Crippen LogP contribution in [0.2, 0.25) is 0 Å². The first-order valence-electron chi connectivity index (χ1n) is 13.7. The number of para-hydroxylation sites is 1. The minimum atomic E-state index is -0.565. The molecule has 0 aromatic heterocycles. The summed E-state index contributed by atoms with van der Waals surface area (Å²) in [6.07, 6.45) is 8.72. The third kappa shape index (κ3) is 4.51. The molecule has 0 unspecified atom stereocenters. The molecule has 3 saturated carbocycles. The second kappa shape index (κ2) is 9.73. The fourth-order valence-electron chi connectivity index (χ4n) is 8.27. The van der Waals surface area contributed by atoms with Gasteiger partial charge in [0.25, 0.3) is 0 Å². The standard InChI is InChI=1S/C30H39N3O4/c1-18(32-33-28(36)31-21-8-6-5-7-9-21)24-12-13-25-23-11-10-20-16-22(37-19(2)34)14-15-29(20,3)26(23)17-27(35)30(24,25)4/h5-9,12,20,22-23,25-26H,10-11,13-17H2,1-4H3,(H2,31,33,36)/b32-18+/t20-,22-,23-,25-,26-,29-,30+/m0/s1. The fraction of sp³-hybridized carbons (Fsp3) is 0.600. The number of amides is 2. The van der Waals surface area contributed by atoms with Crippen LogP contribution in [0.15, 0.2) is 47.1 Å². The number of rotatable bonds is 4. The highest BCUT2D eigenvalue weighted by atomic mass is 16.5. The summed E-state index contributed by atoms with van der Waals surface area (Å²) in [5, 5.41) is 7.15. The summed E-state index contributed by atoms with van der Waals surface area (Å²) in [6.45, 7) is 7.87. The second-order valence-corrected chi connectivity index (χ2v) is 12.0. The van der Waals surface area contributed by atoms with E-state index in [0.29, 0.717) is 41.4 Å². The lowest BCUT2D eigenvalue weighted by Crippen LogP contribution is -2.57. The average molecular weight is 506 g/mol. The van der Waals surface area contributed by atoms with Gasteiger partial charge < -0.3 is 10.1 Å². The number of ketones is 1. The predicted octanol–water partition coefficient (Wildman–Crippen LogP) is 5.87. The van der Waals surface area contributed by atoms with E-state index in [1.165, 1.54) is 6.92 Å². The molecular formula is C30H39N3O4. The van der Waals surface area contributed by atoms with Gasteiger partial charge in [0.05, 0.1) is 11.1 Å². The Morgan fingerprint density at radius 1 is 1.05 bits per heavy atom. The highest BCUT2D eigenvalue weighted by Gasteiger charge is 2.62. The quantitative estimate of drug-likeness (QED) is 0.304. The maximum Gasteiger partial charge on any atom is 0.339 e. The van der Waals surface area contributed by atoms with E-state index in [1.807, 2.05) is 37.3 Å². The number of hydrazone groups is 1. The maximum absolute atomic E-state index is 13.9. The first-order valence-corrected chi connectivity index (χ1v) is 13.7. The van der Waals surface area contributed by atoms with Crippen molar-refractivity contribution in [2.75, 3.05) is 5.32 Å². The molecule has 4 aliphatic rings. The minimum Gasteiger partial charge on any atom is -0.463 e. The summed E-state index contributed by atoms with van der Waals surface area (Å²) in [6, 6.07) is 8.83. The smallest absolute Gasteiger partial charge is 0.339 e. The molecule has 2 N–H and O–H groups in total. The van der Waals surface area contributed by atoms with Crippen LogP contribution in [-0.4, -0.2) is 29.6 Å². The van der Waals surface area contributed by atoms with Gasteiger partial charge in [0.1, 0.15) is 11.9 Å². The van der Waals surface area contributed by atoms with Crippen LogP contribution in [0.5, 0.6) is 0 Å².